The first-order chi connectivity index (χ1) is 11.7. The molecule has 1 atom stereocenters. The van der Waals surface area contributed by atoms with Crippen LogP contribution in [0.3, 0.4) is 0 Å². The molecule has 126 valence electrons. The Kier molecular flexibility index (Phi) is 3.68. The summed E-state index contributed by atoms with van der Waals surface area (Å²) in [6.07, 6.45) is 5.14. The summed E-state index contributed by atoms with van der Waals surface area (Å²) in [7, 11) is 0. The van der Waals surface area contributed by atoms with Crippen molar-refractivity contribution >= 4 is 23.0 Å². The van der Waals surface area contributed by atoms with Crippen LogP contribution in [0.4, 0.5) is 0 Å². The molecule has 8 heteroatoms. The lowest BCUT2D eigenvalue weighted by Crippen LogP contribution is -2.39. The van der Waals surface area contributed by atoms with Crippen LogP contribution in [-0.4, -0.2) is 52.6 Å². The Morgan fingerprint density at radius 2 is 2.25 bits per heavy atom. The highest BCUT2D eigenvalue weighted by Crippen LogP contribution is 2.41. The number of piperidine rings is 1. The van der Waals surface area contributed by atoms with E-state index >= 15 is 0 Å². The molecule has 4 heterocycles. The van der Waals surface area contributed by atoms with Crippen LogP contribution in [0.2, 0.25) is 0 Å². The lowest BCUT2D eigenvalue weighted by Gasteiger charge is -2.29. The fourth-order valence-corrected chi connectivity index (χ4v) is 3.50. The molecule has 3 N–H and O–H groups in total. The van der Waals surface area contributed by atoms with Crippen molar-refractivity contribution in [3.63, 3.8) is 0 Å². The Hall–Kier alpha value is -2.48. The van der Waals surface area contributed by atoms with Gasteiger partial charge in [0.15, 0.2) is 5.65 Å². The minimum absolute atomic E-state index is 0.128. The largest absolute Gasteiger partial charge is 0.460 e. The molecular weight excluding hydrogens is 310 g/mol. The SMILES string of the molecule is O=C(NCC1CC2(CCNCC2)C(=O)O1)c1cnc2[nH]ccc2n1. The number of fused-ring (bicyclic) bond motifs is 1. The predicted octanol–water partition coefficient (Wildman–Crippen LogP) is 0.373. The first kappa shape index (κ1) is 15.1. The van der Waals surface area contributed by atoms with Gasteiger partial charge < -0.3 is 20.4 Å². The molecule has 2 aromatic rings. The second-order valence-electron chi connectivity index (χ2n) is 6.44. The van der Waals surface area contributed by atoms with Gasteiger partial charge in [0.1, 0.15) is 17.3 Å². The number of carbonyl (C=O) groups is 2. The van der Waals surface area contributed by atoms with Crippen molar-refractivity contribution in [1.29, 1.82) is 0 Å². The quantitative estimate of drug-likeness (QED) is 0.702. The van der Waals surface area contributed by atoms with E-state index in [0.29, 0.717) is 24.1 Å². The average Bonchev–Trinajstić information content (AvgIpc) is 3.18. The fourth-order valence-electron chi connectivity index (χ4n) is 3.50. The van der Waals surface area contributed by atoms with Gasteiger partial charge in [-0.15, -0.1) is 0 Å². The second kappa shape index (κ2) is 5.86. The summed E-state index contributed by atoms with van der Waals surface area (Å²) < 4.78 is 5.48. The van der Waals surface area contributed by atoms with Gasteiger partial charge in [-0.3, -0.25) is 9.59 Å². The topological polar surface area (TPSA) is 109 Å². The van der Waals surface area contributed by atoms with Gasteiger partial charge in [0.2, 0.25) is 0 Å². The number of ether oxygens (including phenoxy) is 1. The van der Waals surface area contributed by atoms with Crippen molar-refractivity contribution in [1.82, 2.24) is 25.6 Å². The van der Waals surface area contributed by atoms with Gasteiger partial charge in [0, 0.05) is 12.6 Å². The van der Waals surface area contributed by atoms with Crippen molar-refractivity contribution in [2.75, 3.05) is 19.6 Å². The van der Waals surface area contributed by atoms with E-state index in [1.807, 2.05) is 0 Å². The van der Waals surface area contributed by atoms with Gasteiger partial charge in [-0.05, 0) is 32.0 Å². The Balaban J connectivity index is 1.38. The molecular formula is C16H19N5O3. The van der Waals surface area contributed by atoms with Gasteiger partial charge in [-0.25, -0.2) is 9.97 Å². The summed E-state index contributed by atoms with van der Waals surface area (Å²) in [6, 6.07) is 1.76. The van der Waals surface area contributed by atoms with E-state index in [9.17, 15) is 9.59 Å². The highest BCUT2D eigenvalue weighted by atomic mass is 16.6. The minimum Gasteiger partial charge on any atom is -0.460 e. The zero-order chi connectivity index (χ0) is 16.6. The molecule has 2 aliphatic rings. The summed E-state index contributed by atoms with van der Waals surface area (Å²) in [6.45, 7) is 1.97. The number of nitrogens with one attached hydrogen (secondary N) is 3. The normalized spacial score (nSPS) is 22.7. The zero-order valence-corrected chi connectivity index (χ0v) is 13.2. The first-order valence-electron chi connectivity index (χ1n) is 8.16. The van der Waals surface area contributed by atoms with E-state index in [-0.39, 0.29) is 29.1 Å². The number of amides is 1. The molecule has 24 heavy (non-hydrogen) atoms. The Morgan fingerprint density at radius 1 is 1.42 bits per heavy atom. The molecule has 1 spiro atoms. The number of hydrogen-bond donors (Lipinski definition) is 3. The van der Waals surface area contributed by atoms with Crippen molar-refractivity contribution < 1.29 is 14.3 Å². The molecule has 1 unspecified atom stereocenters. The second-order valence-corrected chi connectivity index (χ2v) is 6.44. The number of aromatic nitrogens is 3. The zero-order valence-electron chi connectivity index (χ0n) is 13.2. The molecule has 0 aliphatic carbocycles. The molecule has 0 aromatic carbocycles. The fraction of sp³-hybridized carbons (Fsp3) is 0.500. The number of aromatic amines is 1. The summed E-state index contributed by atoms with van der Waals surface area (Å²) >= 11 is 0. The standard InChI is InChI=1S/C16H19N5O3/c22-14(12-9-19-13-11(21-12)1-4-18-13)20-8-10-7-16(15(23)24-10)2-5-17-6-3-16/h1,4,9-10,17H,2-3,5-8H2,(H,18,19)(H,20,22). The molecule has 2 saturated heterocycles. The summed E-state index contributed by atoms with van der Waals surface area (Å²) in [5.74, 6) is -0.440. The van der Waals surface area contributed by atoms with Gasteiger partial charge in [-0.2, -0.15) is 0 Å². The van der Waals surface area contributed by atoms with Crippen molar-refractivity contribution in [3.05, 3.63) is 24.2 Å². The molecule has 0 radical (unpaired) electrons. The number of esters is 1. The summed E-state index contributed by atoms with van der Waals surface area (Å²) in [5, 5.41) is 6.06. The van der Waals surface area contributed by atoms with Gasteiger partial charge in [0.05, 0.1) is 18.2 Å². The third kappa shape index (κ3) is 2.62. The Labute approximate surface area is 138 Å². The molecule has 2 fully saturated rings. The van der Waals surface area contributed by atoms with Crippen LogP contribution in [-0.2, 0) is 9.53 Å². The summed E-state index contributed by atoms with van der Waals surface area (Å²) in [4.78, 5) is 35.8. The number of H-pyrrole nitrogens is 1. The van der Waals surface area contributed by atoms with Gasteiger partial charge in [-0.1, -0.05) is 0 Å². The van der Waals surface area contributed by atoms with E-state index in [2.05, 4.69) is 25.6 Å². The maximum absolute atomic E-state index is 12.2. The first-order valence-corrected chi connectivity index (χ1v) is 8.16. The molecule has 4 rings (SSSR count). The third-order valence-electron chi connectivity index (χ3n) is 4.87. The molecule has 2 aromatic heterocycles. The van der Waals surface area contributed by atoms with Gasteiger partial charge >= 0.3 is 5.97 Å². The molecule has 0 bridgehead atoms. The number of hydrogen-bond acceptors (Lipinski definition) is 6. The minimum atomic E-state index is -0.371. The lowest BCUT2D eigenvalue weighted by atomic mass is 9.76. The highest BCUT2D eigenvalue weighted by molar-refractivity contribution is 5.93. The van der Waals surface area contributed by atoms with Crippen LogP contribution in [0.15, 0.2) is 18.5 Å². The van der Waals surface area contributed by atoms with Crippen LogP contribution in [0, 0.1) is 5.41 Å². The Bertz CT molecular complexity index is 781. The third-order valence-corrected chi connectivity index (χ3v) is 4.87. The van der Waals surface area contributed by atoms with E-state index in [1.165, 1.54) is 6.20 Å². The van der Waals surface area contributed by atoms with Gasteiger partial charge in [0.25, 0.3) is 5.91 Å². The maximum Gasteiger partial charge on any atom is 0.312 e. The average molecular weight is 329 g/mol. The van der Waals surface area contributed by atoms with E-state index in [0.717, 1.165) is 25.9 Å². The lowest BCUT2D eigenvalue weighted by molar-refractivity contribution is -0.149. The van der Waals surface area contributed by atoms with Crippen LogP contribution in [0.5, 0.6) is 0 Å². The number of rotatable bonds is 3. The number of cyclic esters (lactones) is 1. The van der Waals surface area contributed by atoms with Crippen molar-refractivity contribution in [2.24, 2.45) is 5.41 Å². The highest BCUT2D eigenvalue weighted by Gasteiger charge is 2.49. The van der Waals surface area contributed by atoms with Crippen LogP contribution in [0.1, 0.15) is 29.8 Å². The van der Waals surface area contributed by atoms with Crippen LogP contribution in [0.25, 0.3) is 11.2 Å². The molecule has 1 amide bonds. The molecule has 2 aliphatic heterocycles. The molecule has 8 nitrogen and oxygen atoms in total. The monoisotopic (exact) mass is 329 g/mol. The maximum atomic E-state index is 12.2. The number of nitrogens with zero attached hydrogens (tertiary/aromatic N) is 2. The van der Waals surface area contributed by atoms with E-state index in [1.54, 1.807) is 12.3 Å². The van der Waals surface area contributed by atoms with Crippen molar-refractivity contribution in [3.8, 4) is 0 Å². The van der Waals surface area contributed by atoms with Crippen LogP contribution < -0.4 is 10.6 Å². The summed E-state index contributed by atoms with van der Waals surface area (Å²) in [5.41, 5.74) is 1.17. The number of carbonyl (C=O) groups excluding carboxylic acids is 2. The molecule has 0 saturated carbocycles. The Morgan fingerprint density at radius 3 is 3.08 bits per heavy atom. The smallest absolute Gasteiger partial charge is 0.312 e. The van der Waals surface area contributed by atoms with Crippen molar-refractivity contribution in [2.45, 2.75) is 25.4 Å². The van der Waals surface area contributed by atoms with Crippen LogP contribution >= 0.6 is 0 Å². The van der Waals surface area contributed by atoms with E-state index in [4.69, 9.17) is 4.74 Å². The predicted molar refractivity (Wildman–Crippen MR) is 85.3 cm³/mol. The van der Waals surface area contributed by atoms with E-state index < -0.39 is 0 Å².